The van der Waals surface area contributed by atoms with Gasteiger partial charge in [-0.3, -0.25) is 9.59 Å². The van der Waals surface area contributed by atoms with Gasteiger partial charge < -0.3 is 15.7 Å². The van der Waals surface area contributed by atoms with Crippen LogP contribution in [0.5, 0.6) is 0 Å². The highest BCUT2D eigenvalue weighted by atomic mass is 16.4. The predicted octanol–water partition coefficient (Wildman–Crippen LogP) is 1.67. The second-order valence-corrected chi connectivity index (χ2v) is 6.35. The first-order chi connectivity index (χ1) is 9.61. The van der Waals surface area contributed by atoms with Gasteiger partial charge in [-0.25, -0.2) is 0 Å². The molecular formula is C15H26N2O3. The van der Waals surface area contributed by atoms with Crippen molar-refractivity contribution in [2.75, 3.05) is 13.1 Å². The lowest BCUT2D eigenvalue weighted by Crippen LogP contribution is -2.49. The van der Waals surface area contributed by atoms with Gasteiger partial charge in [0.15, 0.2) is 0 Å². The van der Waals surface area contributed by atoms with Gasteiger partial charge in [0, 0.05) is 6.54 Å². The van der Waals surface area contributed by atoms with Crippen molar-refractivity contribution in [3.8, 4) is 0 Å². The lowest BCUT2D eigenvalue weighted by molar-refractivity contribution is -0.141. The van der Waals surface area contributed by atoms with Crippen molar-refractivity contribution in [2.45, 2.75) is 63.8 Å². The molecule has 0 spiro atoms. The molecule has 0 aromatic heterocycles. The Bertz CT molecular complexity index is 345. The van der Waals surface area contributed by atoms with E-state index in [0.29, 0.717) is 6.54 Å². The number of aliphatic carboxylic acids is 1. The SMILES string of the molecule is O=C(O)CC1(CNC(=O)C2CCCCN2)CCCCC1. The molecule has 2 aliphatic rings. The molecule has 1 saturated heterocycles. The smallest absolute Gasteiger partial charge is 0.303 e. The molecule has 5 heteroatoms. The van der Waals surface area contributed by atoms with Gasteiger partial charge in [-0.15, -0.1) is 0 Å². The lowest BCUT2D eigenvalue weighted by atomic mass is 9.71. The van der Waals surface area contributed by atoms with Crippen LogP contribution in [0.1, 0.15) is 57.8 Å². The topological polar surface area (TPSA) is 78.4 Å². The number of carbonyl (C=O) groups excluding carboxylic acids is 1. The molecule has 3 N–H and O–H groups in total. The molecule has 5 nitrogen and oxygen atoms in total. The Balaban J connectivity index is 1.87. The summed E-state index contributed by atoms with van der Waals surface area (Å²) in [5.74, 6) is -0.711. The van der Waals surface area contributed by atoms with E-state index >= 15 is 0 Å². The molecule has 20 heavy (non-hydrogen) atoms. The zero-order valence-corrected chi connectivity index (χ0v) is 12.1. The fraction of sp³-hybridized carbons (Fsp3) is 0.867. The molecule has 1 atom stereocenters. The minimum atomic E-state index is -0.753. The van der Waals surface area contributed by atoms with Crippen molar-refractivity contribution in [2.24, 2.45) is 5.41 Å². The van der Waals surface area contributed by atoms with Gasteiger partial charge in [-0.2, -0.15) is 0 Å². The third kappa shape index (κ3) is 4.20. The quantitative estimate of drug-likeness (QED) is 0.717. The summed E-state index contributed by atoms with van der Waals surface area (Å²) in [6.07, 6.45) is 8.44. The van der Waals surface area contributed by atoms with Crippen LogP contribution in [-0.2, 0) is 9.59 Å². The fourth-order valence-corrected chi connectivity index (χ4v) is 3.51. The van der Waals surface area contributed by atoms with Crippen LogP contribution in [0.3, 0.4) is 0 Å². The molecule has 0 aromatic rings. The summed E-state index contributed by atoms with van der Waals surface area (Å²) in [5.41, 5.74) is -0.228. The van der Waals surface area contributed by atoms with Gasteiger partial charge in [-0.05, 0) is 37.6 Å². The average molecular weight is 282 g/mol. The van der Waals surface area contributed by atoms with Crippen LogP contribution < -0.4 is 10.6 Å². The van der Waals surface area contributed by atoms with E-state index in [2.05, 4.69) is 10.6 Å². The Morgan fingerprint density at radius 2 is 1.90 bits per heavy atom. The molecule has 0 bridgehead atoms. The van der Waals surface area contributed by atoms with Crippen molar-refractivity contribution >= 4 is 11.9 Å². The summed E-state index contributed by atoms with van der Waals surface area (Å²) >= 11 is 0. The largest absolute Gasteiger partial charge is 0.481 e. The van der Waals surface area contributed by atoms with Crippen LogP contribution in [0.4, 0.5) is 0 Å². The minimum Gasteiger partial charge on any atom is -0.481 e. The summed E-state index contributed by atoms with van der Waals surface area (Å²) < 4.78 is 0. The Morgan fingerprint density at radius 1 is 1.15 bits per heavy atom. The van der Waals surface area contributed by atoms with Crippen molar-refractivity contribution in [3.63, 3.8) is 0 Å². The van der Waals surface area contributed by atoms with Crippen molar-refractivity contribution in [1.29, 1.82) is 0 Å². The van der Waals surface area contributed by atoms with Crippen LogP contribution in [-0.4, -0.2) is 36.1 Å². The highest BCUT2D eigenvalue weighted by Crippen LogP contribution is 2.38. The lowest BCUT2D eigenvalue weighted by Gasteiger charge is -2.36. The predicted molar refractivity (Wildman–Crippen MR) is 76.4 cm³/mol. The zero-order chi connectivity index (χ0) is 14.4. The fourth-order valence-electron chi connectivity index (χ4n) is 3.51. The highest BCUT2D eigenvalue weighted by Gasteiger charge is 2.35. The maximum absolute atomic E-state index is 12.1. The van der Waals surface area contributed by atoms with E-state index in [1.54, 1.807) is 0 Å². The molecule has 2 rings (SSSR count). The number of hydrogen-bond donors (Lipinski definition) is 3. The summed E-state index contributed by atoms with van der Waals surface area (Å²) in [7, 11) is 0. The summed E-state index contributed by atoms with van der Waals surface area (Å²) in [5, 5.41) is 15.4. The summed E-state index contributed by atoms with van der Waals surface area (Å²) in [6.45, 7) is 1.41. The van der Waals surface area contributed by atoms with Crippen molar-refractivity contribution in [1.82, 2.24) is 10.6 Å². The van der Waals surface area contributed by atoms with Crippen molar-refractivity contribution < 1.29 is 14.7 Å². The van der Waals surface area contributed by atoms with Gasteiger partial charge in [0.25, 0.3) is 0 Å². The maximum Gasteiger partial charge on any atom is 0.303 e. The van der Waals surface area contributed by atoms with Crippen molar-refractivity contribution in [3.05, 3.63) is 0 Å². The zero-order valence-electron chi connectivity index (χ0n) is 12.1. The third-order valence-corrected chi connectivity index (χ3v) is 4.70. The first kappa shape index (κ1) is 15.3. The standard InChI is InChI=1S/C15H26N2O3/c18-13(19)10-15(7-3-1-4-8-15)11-17-14(20)12-6-2-5-9-16-12/h12,16H,1-11H2,(H,17,20)(H,18,19). The Morgan fingerprint density at radius 3 is 2.50 bits per heavy atom. The molecule has 1 heterocycles. The van der Waals surface area contributed by atoms with E-state index in [-0.39, 0.29) is 23.8 Å². The molecule has 2 fully saturated rings. The molecular weight excluding hydrogens is 256 g/mol. The van der Waals surface area contributed by atoms with Crippen LogP contribution in [0, 0.1) is 5.41 Å². The second kappa shape index (κ2) is 7.07. The number of carbonyl (C=O) groups is 2. The van der Waals surface area contributed by atoms with Crippen LogP contribution in [0.15, 0.2) is 0 Å². The maximum atomic E-state index is 12.1. The third-order valence-electron chi connectivity index (χ3n) is 4.70. The molecule has 1 unspecified atom stereocenters. The number of nitrogens with one attached hydrogen (secondary N) is 2. The van der Waals surface area contributed by atoms with Crippen LogP contribution >= 0.6 is 0 Å². The van der Waals surface area contributed by atoms with E-state index in [4.69, 9.17) is 5.11 Å². The van der Waals surface area contributed by atoms with Gasteiger partial charge in [0.2, 0.25) is 5.91 Å². The Kier molecular flexibility index (Phi) is 5.40. The molecule has 1 aliphatic carbocycles. The minimum absolute atomic E-state index is 0.0417. The Labute approximate surface area is 120 Å². The number of rotatable bonds is 5. The normalized spacial score (nSPS) is 25.9. The highest BCUT2D eigenvalue weighted by molar-refractivity contribution is 5.82. The van der Waals surface area contributed by atoms with Gasteiger partial charge in [0.05, 0.1) is 12.5 Å². The van der Waals surface area contributed by atoms with E-state index in [1.165, 1.54) is 6.42 Å². The monoisotopic (exact) mass is 282 g/mol. The molecule has 1 saturated carbocycles. The number of carboxylic acid groups (broad SMARTS) is 1. The molecule has 1 aliphatic heterocycles. The molecule has 0 aromatic carbocycles. The van der Waals surface area contributed by atoms with E-state index in [1.807, 2.05) is 0 Å². The molecule has 0 radical (unpaired) electrons. The number of hydrogen-bond acceptors (Lipinski definition) is 3. The number of carboxylic acids is 1. The first-order valence-corrected chi connectivity index (χ1v) is 7.84. The van der Waals surface area contributed by atoms with E-state index in [0.717, 1.165) is 51.5 Å². The molecule has 114 valence electrons. The van der Waals surface area contributed by atoms with E-state index in [9.17, 15) is 9.59 Å². The Hall–Kier alpha value is -1.10. The van der Waals surface area contributed by atoms with Crippen LogP contribution in [0.25, 0.3) is 0 Å². The first-order valence-electron chi connectivity index (χ1n) is 7.84. The van der Waals surface area contributed by atoms with E-state index < -0.39 is 5.97 Å². The number of amides is 1. The summed E-state index contributed by atoms with van der Waals surface area (Å²) in [6, 6.07) is -0.0887. The summed E-state index contributed by atoms with van der Waals surface area (Å²) in [4.78, 5) is 23.2. The second-order valence-electron chi connectivity index (χ2n) is 6.35. The molecule has 1 amide bonds. The number of piperidine rings is 1. The van der Waals surface area contributed by atoms with Gasteiger partial charge in [-0.1, -0.05) is 25.7 Å². The van der Waals surface area contributed by atoms with Gasteiger partial charge in [0.1, 0.15) is 0 Å². The van der Waals surface area contributed by atoms with Crippen LogP contribution in [0.2, 0.25) is 0 Å². The average Bonchev–Trinajstić information content (AvgIpc) is 2.46. The van der Waals surface area contributed by atoms with Gasteiger partial charge >= 0.3 is 5.97 Å².